The van der Waals surface area contributed by atoms with Gasteiger partial charge in [-0.2, -0.15) is 0 Å². The van der Waals surface area contributed by atoms with E-state index in [2.05, 4.69) is 0 Å². The molecule has 1 fully saturated rings. The second-order valence-electron chi connectivity index (χ2n) is 5.29. The largest absolute Gasteiger partial charge is 0.342 e. The Kier molecular flexibility index (Phi) is 4.97. The van der Waals surface area contributed by atoms with Crippen molar-refractivity contribution < 1.29 is 13.6 Å². The molecule has 20 heavy (non-hydrogen) atoms. The van der Waals surface area contributed by atoms with Crippen LogP contribution in [0.1, 0.15) is 25.3 Å². The number of likely N-dealkylation sites (tertiary alicyclic amines) is 1. The van der Waals surface area contributed by atoms with Crippen molar-refractivity contribution in [3.05, 3.63) is 35.4 Å². The third-order valence-corrected chi connectivity index (χ3v) is 4.27. The van der Waals surface area contributed by atoms with Crippen LogP contribution >= 0.6 is 11.6 Å². The Morgan fingerprint density at radius 1 is 1.40 bits per heavy atom. The van der Waals surface area contributed by atoms with E-state index in [1.165, 1.54) is 12.1 Å². The van der Waals surface area contributed by atoms with Gasteiger partial charge < -0.3 is 4.90 Å². The Bertz CT molecular complexity index is 485. The highest BCUT2D eigenvalue weighted by Gasteiger charge is 2.26. The lowest BCUT2D eigenvalue weighted by atomic mass is 9.93. The van der Waals surface area contributed by atoms with Crippen LogP contribution in [0.2, 0.25) is 0 Å². The van der Waals surface area contributed by atoms with Crippen LogP contribution in [0.15, 0.2) is 18.2 Å². The van der Waals surface area contributed by atoms with E-state index in [1.807, 2.05) is 6.92 Å². The molecule has 1 aliphatic rings. The predicted molar refractivity (Wildman–Crippen MR) is 74.7 cm³/mol. The van der Waals surface area contributed by atoms with E-state index in [4.69, 9.17) is 11.6 Å². The van der Waals surface area contributed by atoms with Crippen molar-refractivity contribution in [3.63, 3.8) is 0 Å². The van der Waals surface area contributed by atoms with Crippen LogP contribution in [0.4, 0.5) is 8.78 Å². The van der Waals surface area contributed by atoms with Crippen LogP contribution in [-0.4, -0.2) is 29.3 Å². The van der Waals surface area contributed by atoms with E-state index < -0.39 is 11.6 Å². The van der Waals surface area contributed by atoms with Crippen molar-refractivity contribution in [1.82, 2.24) is 4.90 Å². The van der Waals surface area contributed by atoms with Crippen molar-refractivity contribution in [2.45, 2.75) is 31.6 Å². The standard InChI is InChI=1S/C15H18ClF2NO/c1-10(16)11-5-7-19(8-6-11)14(20)9-12-3-2-4-13(17)15(12)18/h2-4,10-11H,5-9H2,1H3. The maximum absolute atomic E-state index is 13.5. The summed E-state index contributed by atoms with van der Waals surface area (Å²) < 4.78 is 26.6. The number of alkyl halides is 1. The number of piperidine rings is 1. The first kappa shape index (κ1) is 15.2. The summed E-state index contributed by atoms with van der Waals surface area (Å²) in [6.07, 6.45) is 1.63. The fourth-order valence-electron chi connectivity index (χ4n) is 2.57. The van der Waals surface area contributed by atoms with Gasteiger partial charge in [-0.25, -0.2) is 8.78 Å². The molecule has 0 saturated carbocycles. The molecule has 1 heterocycles. The molecule has 0 aromatic heterocycles. The molecule has 0 aliphatic carbocycles. The van der Waals surface area contributed by atoms with Crippen molar-refractivity contribution in [2.75, 3.05) is 13.1 Å². The third kappa shape index (κ3) is 3.48. The number of nitrogens with zero attached hydrogens (tertiary/aromatic N) is 1. The fourth-order valence-corrected chi connectivity index (χ4v) is 2.82. The van der Waals surface area contributed by atoms with Gasteiger partial charge in [0.15, 0.2) is 11.6 Å². The molecule has 2 nitrogen and oxygen atoms in total. The van der Waals surface area contributed by atoms with E-state index in [-0.39, 0.29) is 23.3 Å². The fraction of sp³-hybridized carbons (Fsp3) is 0.533. The Morgan fingerprint density at radius 2 is 2.05 bits per heavy atom. The average molecular weight is 302 g/mol. The number of hydrogen-bond acceptors (Lipinski definition) is 1. The predicted octanol–water partition coefficient (Wildman–Crippen LogP) is 3.37. The van der Waals surface area contributed by atoms with Crippen LogP contribution in [0.5, 0.6) is 0 Å². The van der Waals surface area contributed by atoms with Gasteiger partial charge in [0.2, 0.25) is 5.91 Å². The number of carbonyl (C=O) groups excluding carboxylic acids is 1. The van der Waals surface area contributed by atoms with Gasteiger partial charge >= 0.3 is 0 Å². The van der Waals surface area contributed by atoms with Crippen molar-refractivity contribution in [3.8, 4) is 0 Å². The highest BCUT2D eigenvalue weighted by atomic mass is 35.5. The second-order valence-corrected chi connectivity index (χ2v) is 5.97. The molecule has 1 aliphatic heterocycles. The summed E-state index contributed by atoms with van der Waals surface area (Å²) in [4.78, 5) is 13.8. The zero-order chi connectivity index (χ0) is 14.7. The smallest absolute Gasteiger partial charge is 0.227 e. The maximum atomic E-state index is 13.5. The number of hydrogen-bond donors (Lipinski definition) is 0. The van der Waals surface area contributed by atoms with E-state index in [9.17, 15) is 13.6 Å². The minimum atomic E-state index is -0.926. The molecule has 1 amide bonds. The van der Waals surface area contributed by atoms with Gasteiger partial charge in [-0.1, -0.05) is 12.1 Å². The molecule has 0 bridgehead atoms. The Labute approximate surface area is 122 Å². The van der Waals surface area contributed by atoms with Gasteiger partial charge in [0, 0.05) is 24.0 Å². The zero-order valence-corrected chi connectivity index (χ0v) is 12.2. The van der Waals surface area contributed by atoms with Crippen molar-refractivity contribution >= 4 is 17.5 Å². The summed E-state index contributed by atoms with van der Waals surface area (Å²) in [5.74, 6) is -1.57. The average Bonchev–Trinajstić information content (AvgIpc) is 2.44. The molecule has 110 valence electrons. The van der Waals surface area contributed by atoms with Gasteiger partial charge in [-0.15, -0.1) is 11.6 Å². The molecule has 1 saturated heterocycles. The van der Waals surface area contributed by atoms with Gasteiger partial charge in [0.1, 0.15) is 0 Å². The highest BCUT2D eigenvalue weighted by molar-refractivity contribution is 6.20. The number of amides is 1. The lowest BCUT2D eigenvalue weighted by Crippen LogP contribution is -2.40. The Morgan fingerprint density at radius 3 is 2.65 bits per heavy atom. The minimum absolute atomic E-state index is 0.0926. The first-order chi connectivity index (χ1) is 9.49. The van der Waals surface area contributed by atoms with E-state index in [0.717, 1.165) is 18.9 Å². The monoisotopic (exact) mass is 301 g/mol. The summed E-state index contributed by atoms with van der Waals surface area (Å²) in [5.41, 5.74) is 0.114. The molecule has 0 radical (unpaired) electrons. The third-order valence-electron chi connectivity index (χ3n) is 3.92. The zero-order valence-electron chi connectivity index (χ0n) is 11.4. The molecule has 1 aromatic rings. The number of halogens is 3. The summed E-state index contributed by atoms with van der Waals surface area (Å²) in [5, 5.41) is 0.105. The van der Waals surface area contributed by atoms with E-state index in [1.54, 1.807) is 4.90 Å². The number of benzene rings is 1. The molecule has 0 N–H and O–H groups in total. The number of carbonyl (C=O) groups is 1. The number of rotatable bonds is 3. The molecule has 0 spiro atoms. The summed E-state index contributed by atoms with van der Waals surface area (Å²) in [6.45, 7) is 3.24. The minimum Gasteiger partial charge on any atom is -0.342 e. The summed E-state index contributed by atoms with van der Waals surface area (Å²) in [7, 11) is 0. The summed E-state index contributed by atoms with van der Waals surface area (Å²) >= 11 is 6.06. The molecular formula is C15H18ClF2NO. The van der Waals surface area contributed by atoms with Crippen molar-refractivity contribution in [1.29, 1.82) is 0 Å². The summed E-state index contributed by atoms with van der Waals surface area (Å²) in [6, 6.07) is 3.92. The normalized spacial score (nSPS) is 18.1. The molecule has 1 atom stereocenters. The van der Waals surface area contributed by atoms with Gasteiger partial charge in [0.25, 0.3) is 0 Å². The molecule has 1 aromatic carbocycles. The molecular weight excluding hydrogens is 284 g/mol. The first-order valence-electron chi connectivity index (χ1n) is 6.83. The van der Waals surface area contributed by atoms with Gasteiger partial charge in [0.05, 0.1) is 6.42 Å². The van der Waals surface area contributed by atoms with Crippen LogP contribution in [0, 0.1) is 17.6 Å². The van der Waals surface area contributed by atoms with Crippen LogP contribution in [0.3, 0.4) is 0 Å². The second kappa shape index (κ2) is 6.53. The van der Waals surface area contributed by atoms with Gasteiger partial charge in [-0.05, 0) is 31.7 Å². The first-order valence-corrected chi connectivity index (χ1v) is 7.27. The van der Waals surface area contributed by atoms with Gasteiger partial charge in [-0.3, -0.25) is 4.79 Å². The Hall–Kier alpha value is -1.16. The van der Waals surface area contributed by atoms with E-state index in [0.29, 0.717) is 19.0 Å². The topological polar surface area (TPSA) is 20.3 Å². The Balaban J connectivity index is 1.95. The van der Waals surface area contributed by atoms with E-state index >= 15 is 0 Å². The van der Waals surface area contributed by atoms with Crippen LogP contribution < -0.4 is 0 Å². The highest BCUT2D eigenvalue weighted by Crippen LogP contribution is 2.24. The SMILES string of the molecule is CC(Cl)C1CCN(C(=O)Cc2cccc(F)c2F)CC1. The molecule has 5 heteroatoms. The quantitative estimate of drug-likeness (QED) is 0.784. The maximum Gasteiger partial charge on any atom is 0.227 e. The van der Waals surface area contributed by atoms with Crippen LogP contribution in [-0.2, 0) is 11.2 Å². The lowest BCUT2D eigenvalue weighted by molar-refractivity contribution is -0.131. The molecule has 1 unspecified atom stereocenters. The lowest BCUT2D eigenvalue weighted by Gasteiger charge is -2.33. The molecule has 2 rings (SSSR count). The van der Waals surface area contributed by atoms with Crippen molar-refractivity contribution in [2.24, 2.45) is 5.92 Å². The van der Waals surface area contributed by atoms with Crippen LogP contribution in [0.25, 0.3) is 0 Å².